The van der Waals surface area contributed by atoms with E-state index in [0.717, 1.165) is 29.0 Å². The Labute approximate surface area is 136 Å². The molecule has 0 atom stereocenters. The lowest BCUT2D eigenvalue weighted by Crippen LogP contribution is -2.36. The topological polar surface area (TPSA) is 23.6 Å². The van der Waals surface area contributed by atoms with Crippen LogP contribution in [0.25, 0.3) is 0 Å². The van der Waals surface area contributed by atoms with E-state index in [0.29, 0.717) is 6.42 Å². The number of rotatable bonds is 6. The van der Waals surface area contributed by atoms with Gasteiger partial charge in [-0.1, -0.05) is 28.1 Å². The highest BCUT2D eigenvalue weighted by molar-refractivity contribution is 9.10. The van der Waals surface area contributed by atoms with Crippen molar-refractivity contribution in [3.05, 3.63) is 34.3 Å². The predicted octanol–water partition coefficient (Wildman–Crippen LogP) is 3.30. The van der Waals surface area contributed by atoms with Crippen LogP contribution in [-0.2, 0) is 0 Å². The molecule has 116 valence electrons. The number of hydrogen-bond acceptors (Lipinski definition) is 3. The molecule has 1 saturated heterocycles. The molecule has 0 unspecified atom stereocenters. The molecule has 1 aromatic carbocycles. The van der Waals surface area contributed by atoms with Gasteiger partial charge >= 0.3 is 0 Å². The first-order valence-corrected chi connectivity index (χ1v) is 8.50. The highest BCUT2D eigenvalue weighted by Crippen LogP contribution is 2.17. The Hall–Kier alpha value is -0.710. The molecule has 0 amide bonds. The average Bonchev–Trinajstić information content (AvgIpc) is 2.47. The zero-order valence-electron chi connectivity index (χ0n) is 13.0. The summed E-state index contributed by atoms with van der Waals surface area (Å²) in [6, 6.07) is 7.66. The Morgan fingerprint density at radius 3 is 2.76 bits per heavy atom. The second-order valence-electron chi connectivity index (χ2n) is 6.19. The summed E-state index contributed by atoms with van der Waals surface area (Å²) < 4.78 is 0.966. The quantitative estimate of drug-likeness (QED) is 0.734. The van der Waals surface area contributed by atoms with Crippen molar-refractivity contribution in [1.29, 1.82) is 0 Å². The first kappa shape index (κ1) is 16.7. The predicted molar refractivity (Wildman–Crippen MR) is 90.8 cm³/mol. The molecule has 1 heterocycles. The van der Waals surface area contributed by atoms with Gasteiger partial charge in [-0.25, -0.2) is 0 Å². The van der Waals surface area contributed by atoms with Gasteiger partial charge in [0.2, 0.25) is 0 Å². The number of ketones is 1. The van der Waals surface area contributed by atoms with Crippen molar-refractivity contribution in [2.75, 3.05) is 40.3 Å². The van der Waals surface area contributed by atoms with Crippen molar-refractivity contribution >= 4 is 21.7 Å². The molecule has 3 nitrogen and oxygen atoms in total. The molecule has 0 bridgehead atoms. The Bertz CT molecular complexity index is 470. The summed E-state index contributed by atoms with van der Waals surface area (Å²) in [6.45, 7) is 4.36. The lowest BCUT2D eigenvalue weighted by Gasteiger charge is -2.31. The second kappa shape index (κ2) is 8.06. The molecule has 0 aromatic heterocycles. The molecular weight excluding hydrogens is 328 g/mol. The summed E-state index contributed by atoms with van der Waals surface area (Å²) in [6.07, 6.45) is 3.15. The van der Waals surface area contributed by atoms with Gasteiger partial charge in [0.1, 0.15) is 0 Å². The monoisotopic (exact) mass is 352 g/mol. The number of hydrogen-bond donors (Lipinski definition) is 0. The number of carbonyl (C=O) groups is 1. The van der Waals surface area contributed by atoms with Gasteiger partial charge in [0.15, 0.2) is 5.78 Å². The van der Waals surface area contributed by atoms with Crippen LogP contribution in [0.5, 0.6) is 0 Å². The van der Waals surface area contributed by atoms with Gasteiger partial charge in [-0.05, 0) is 58.1 Å². The van der Waals surface area contributed by atoms with Gasteiger partial charge in [-0.15, -0.1) is 0 Å². The van der Waals surface area contributed by atoms with Crippen LogP contribution in [0.1, 0.15) is 29.6 Å². The van der Waals surface area contributed by atoms with Gasteiger partial charge in [-0.2, -0.15) is 0 Å². The molecule has 1 aromatic rings. The van der Waals surface area contributed by atoms with Crippen LogP contribution < -0.4 is 0 Å². The van der Waals surface area contributed by atoms with E-state index in [1.54, 1.807) is 0 Å². The Balaban J connectivity index is 1.73. The fourth-order valence-electron chi connectivity index (χ4n) is 2.88. The average molecular weight is 353 g/mol. The van der Waals surface area contributed by atoms with E-state index in [-0.39, 0.29) is 5.78 Å². The highest BCUT2D eigenvalue weighted by atomic mass is 79.9. The summed E-state index contributed by atoms with van der Waals surface area (Å²) in [5.41, 5.74) is 0.803. The molecule has 1 fully saturated rings. The first-order valence-electron chi connectivity index (χ1n) is 7.70. The van der Waals surface area contributed by atoms with Crippen molar-refractivity contribution in [3.8, 4) is 0 Å². The largest absolute Gasteiger partial charge is 0.306 e. The van der Waals surface area contributed by atoms with E-state index in [1.807, 2.05) is 24.3 Å². The molecule has 1 aliphatic rings. The maximum atomic E-state index is 12.2. The first-order chi connectivity index (χ1) is 10.0. The van der Waals surface area contributed by atoms with Gasteiger partial charge in [0, 0.05) is 29.5 Å². The Kier molecular flexibility index (Phi) is 6.40. The molecular formula is C17H25BrN2O. The van der Waals surface area contributed by atoms with Crippen LogP contribution >= 0.6 is 15.9 Å². The summed E-state index contributed by atoms with van der Waals surface area (Å²) in [4.78, 5) is 16.9. The number of carbonyl (C=O) groups excluding carboxylic acids is 1. The molecule has 0 spiro atoms. The molecule has 4 heteroatoms. The van der Waals surface area contributed by atoms with Crippen LogP contribution in [0, 0.1) is 5.92 Å². The van der Waals surface area contributed by atoms with Crippen molar-refractivity contribution in [1.82, 2.24) is 9.80 Å². The Morgan fingerprint density at radius 2 is 2.10 bits per heavy atom. The van der Waals surface area contributed by atoms with Gasteiger partial charge < -0.3 is 9.80 Å². The van der Waals surface area contributed by atoms with Crippen LogP contribution in [0.15, 0.2) is 28.7 Å². The van der Waals surface area contributed by atoms with E-state index >= 15 is 0 Å². The molecule has 0 N–H and O–H groups in total. The molecule has 1 aliphatic heterocycles. The highest BCUT2D eigenvalue weighted by Gasteiger charge is 2.18. The Morgan fingerprint density at radius 1 is 1.38 bits per heavy atom. The number of benzene rings is 1. The summed E-state index contributed by atoms with van der Waals surface area (Å²) in [5.74, 6) is 1.01. The zero-order valence-corrected chi connectivity index (χ0v) is 14.6. The molecule has 21 heavy (non-hydrogen) atoms. The fourth-order valence-corrected chi connectivity index (χ4v) is 3.27. The minimum absolute atomic E-state index is 0.228. The van der Waals surface area contributed by atoms with Crippen molar-refractivity contribution in [2.24, 2.45) is 5.92 Å². The van der Waals surface area contributed by atoms with Crippen molar-refractivity contribution in [3.63, 3.8) is 0 Å². The number of likely N-dealkylation sites (tertiary alicyclic amines) is 1. The number of piperidine rings is 1. The van der Waals surface area contributed by atoms with Gasteiger partial charge in [0.05, 0.1) is 0 Å². The molecule has 0 radical (unpaired) electrons. The lowest BCUT2D eigenvalue weighted by atomic mass is 9.96. The molecule has 0 aliphatic carbocycles. The van der Waals surface area contributed by atoms with Gasteiger partial charge in [-0.3, -0.25) is 4.79 Å². The summed E-state index contributed by atoms with van der Waals surface area (Å²) in [5, 5.41) is 0. The number of halogens is 1. The third-order valence-corrected chi connectivity index (χ3v) is 4.77. The summed E-state index contributed by atoms with van der Waals surface area (Å²) >= 11 is 3.41. The van der Waals surface area contributed by atoms with Crippen LogP contribution in [0.2, 0.25) is 0 Å². The van der Waals surface area contributed by atoms with Crippen molar-refractivity contribution in [2.45, 2.75) is 19.3 Å². The molecule has 2 rings (SSSR count). The third-order valence-electron chi connectivity index (χ3n) is 4.28. The number of nitrogens with zero attached hydrogens (tertiary/aromatic N) is 2. The maximum absolute atomic E-state index is 12.2. The standard InChI is InChI=1S/C17H25BrN2O/c1-19-9-6-14(7-10-19)13-20(2)11-8-17(21)15-4-3-5-16(18)12-15/h3-5,12,14H,6-11,13H2,1-2H3. The third kappa shape index (κ3) is 5.53. The van der Waals surface area contributed by atoms with E-state index in [1.165, 1.54) is 25.9 Å². The SMILES string of the molecule is CN1CCC(CN(C)CCC(=O)c2cccc(Br)c2)CC1. The van der Waals surface area contributed by atoms with Crippen molar-refractivity contribution < 1.29 is 4.79 Å². The van der Waals surface area contributed by atoms with E-state index in [9.17, 15) is 4.79 Å². The van der Waals surface area contributed by atoms with Crippen LogP contribution in [0.4, 0.5) is 0 Å². The minimum Gasteiger partial charge on any atom is -0.306 e. The minimum atomic E-state index is 0.228. The van der Waals surface area contributed by atoms with E-state index in [2.05, 4.69) is 39.8 Å². The smallest absolute Gasteiger partial charge is 0.164 e. The van der Waals surface area contributed by atoms with Crippen LogP contribution in [0.3, 0.4) is 0 Å². The fraction of sp³-hybridized carbons (Fsp3) is 0.588. The maximum Gasteiger partial charge on any atom is 0.164 e. The van der Waals surface area contributed by atoms with E-state index < -0.39 is 0 Å². The number of Topliss-reactive ketones (excluding diaryl/α,β-unsaturated/α-hetero) is 1. The zero-order chi connectivity index (χ0) is 15.2. The van der Waals surface area contributed by atoms with Gasteiger partial charge in [0.25, 0.3) is 0 Å². The summed E-state index contributed by atoms with van der Waals surface area (Å²) in [7, 11) is 4.32. The second-order valence-corrected chi connectivity index (χ2v) is 7.11. The van der Waals surface area contributed by atoms with Crippen LogP contribution in [-0.4, -0.2) is 55.9 Å². The van der Waals surface area contributed by atoms with E-state index in [4.69, 9.17) is 0 Å². The lowest BCUT2D eigenvalue weighted by molar-refractivity contribution is 0.0961. The molecule has 0 saturated carbocycles. The normalized spacial score (nSPS) is 17.3.